The predicted molar refractivity (Wildman–Crippen MR) is 73.3 cm³/mol. The van der Waals surface area contributed by atoms with Gasteiger partial charge in [-0.15, -0.1) is 0 Å². The molecule has 1 aromatic rings. The molecule has 94 valence electrons. The van der Waals surface area contributed by atoms with E-state index >= 15 is 0 Å². The standard InChI is InChI=1S/C14H23N3/c1-13(15)12-17(2)10-6-9-16-11-14-7-4-3-5-8-14/h3-5,7-8,12,16H,6,9-11,15H2,1-2H3/b13-12-. The van der Waals surface area contributed by atoms with Crippen LogP contribution in [0, 0.1) is 0 Å². The molecule has 0 amide bonds. The first-order chi connectivity index (χ1) is 8.18. The summed E-state index contributed by atoms with van der Waals surface area (Å²) in [5, 5.41) is 3.43. The Balaban J connectivity index is 2.07. The Kier molecular flexibility index (Phi) is 6.18. The second-order valence-electron chi connectivity index (χ2n) is 4.37. The Labute approximate surface area is 104 Å². The largest absolute Gasteiger partial charge is 0.401 e. The average molecular weight is 233 g/mol. The normalized spacial score (nSPS) is 11.5. The molecule has 0 radical (unpaired) electrons. The predicted octanol–water partition coefficient (Wildman–Crippen LogP) is 1.92. The highest BCUT2D eigenvalue weighted by molar-refractivity contribution is 5.14. The third-order valence-corrected chi connectivity index (χ3v) is 2.46. The average Bonchev–Trinajstić information content (AvgIpc) is 2.29. The summed E-state index contributed by atoms with van der Waals surface area (Å²) in [6, 6.07) is 10.5. The zero-order chi connectivity index (χ0) is 12.5. The van der Waals surface area contributed by atoms with Crippen molar-refractivity contribution < 1.29 is 0 Å². The number of nitrogens with one attached hydrogen (secondary N) is 1. The van der Waals surface area contributed by atoms with Crippen LogP contribution < -0.4 is 11.1 Å². The number of allylic oxidation sites excluding steroid dienone is 1. The molecule has 0 aliphatic carbocycles. The quantitative estimate of drug-likeness (QED) is 0.707. The Morgan fingerprint density at radius 3 is 2.71 bits per heavy atom. The summed E-state index contributed by atoms with van der Waals surface area (Å²) in [7, 11) is 2.05. The van der Waals surface area contributed by atoms with Crippen molar-refractivity contribution in [1.82, 2.24) is 10.2 Å². The van der Waals surface area contributed by atoms with E-state index in [9.17, 15) is 0 Å². The van der Waals surface area contributed by atoms with Gasteiger partial charge in [0.1, 0.15) is 0 Å². The molecular weight excluding hydrogens is 210 g/mol. The first-order valence-electron chi connectivity index (χ1n) is 6.07. The molecule has 1 rings (SSSR count). The van der Waals surface area contributed by atoms with Crippen molar-refractivity contribution >= 4 is 0 Å². The maximum absolute atomic E-state index is 5.60. The van der Waals surface area contributed by atoms with E-state index < -0.39 is 0 Å². The van der Waals surface area contributed by atoms with Crippen molar-refractivity contribution in [2.24, 2.45) is 5.73 Å². The summed E-state index contributed by atoms with van der Waals surface area (Å²) < 4.78 is 0. The van der Waals surface area contributed by atoms with Gasteiger partial charge in [0, 0.05) is 32.0 Å². The first-order valence-corrected chi connectivity index (χ1v) is 6.07. The molecule has 0 heterocycles. The molecule has 17 heavy (non-hydrogen) atoms. The number of nitrogens with zero attached hydrogens (tertiary/aromatic N) is 1. The number of hydrogen-bond donors (Lipinski definition) is 2. The van der Waals surface area contributed by atoms with Crippen LogP contribution in [0.2, 0.25) is 0 Å². The van der Waals surface area contributed by atoms with Crippen LogP contribution in [0.15, 0.2) is 42.2 Å². The summed E-state index contributed by atoms with van der Waals surface area (Å²) in [6.07, 6.45) is 3.09. The fraction of sp³-hybridized carbons (Fsp3) is 0.429. The van der Waals surface area contributed by atoms with Gasteiger partial charge in [-0.25, -0.2) is 0 Å². The van der Waals surface area contributed by atoms with E-state index in [1.165, 1.54) is 5.56 Å². The van der Waals surface area contributed by atoms with Crippen LogP contribution >= 0.6 is 0 Å². The fourth-order valence-electron chi connectivity index (χ4n) is 1.69. The molecule has 0 bridgehead atoms. The van der Waals surface area contributed by atoms with Crippen LogP contribution in [-0.2, 0) is 6.54 Å². The Bertz CT molecular complexity index is 329. The van der Waals surface area contributed by atoms with Gasteiger partial charge in [-0.1, -0.05) is 30.3 Å². The molecule has 0 aliphatic rings. The van der Waals surface area contributed by atoms with Crippen molar-refractivity contribution in [3.63, 3.8) is 0 Å². The van der Waals surface area contributed by atoms with Gasteiger partial charge in [0.25, 0.3) is 0 Å². The maximum Gasteiger partial charge on any atom is 0.0210 e. The minimum Gasteiger partial charge on any atom is -0.401 e. The Morgan fingerprint density at radius 2 is 2.06 bits per heavy atom. The lowest BCUT2D eigenvalue weighted by molar-refractivity contribution is 0.432. The third-order valence-electron chi connectivity index (χ3n) is 2.46. The van der Waals surface area contributed by atoms with Gasteiger partial charge < -0.3 is 16.0 Å². The summed E-state index contributed by atoms with van der Waals surface area (Å²) in [5.41, 5.74) is 7.79. The lowest BCUT2D eigenvalue weighted by Crippen LogP contribution is -2.21. The molecule has 3 N–H and O–H groups in total. The van der Waals surface area contributed by atoms with Crippen LogP contribution in [0.4, 0.5) is 0 Å². The van der Waals surface area contributed by atoms with Gasteiger partial charge in [-0.3, -0.25) is 0 Å². The second-order valence-corrected chi connectivity index (χ2v) is 4.37. The molecule has 1 aromatic carbocycles. The highest BCUT2D eigenvalue weighted by atomic mass is 15.1. The van der Waals surface area contributed by atoms with Crippen LogP contribution in [0.3, 0.4) is 0 Å². The summed E-state index contributed by atoms with van der Waals surface area (Å²) >= 11 is 0. The zero-order valence-electron chi connectivity index (χ0n) is 10.8. The molecule has 0 unspecified atom stereocenters. The fourth-order valence-corrected chi connectivity index (χ4v) is 1.69. The van der Waals surface area contributed by atoms with Crippen molar-refractivity contribution in [1.29, 1.82) is 0 Å². The summed E-state index contributed by atoms with van der Waals surface area (Å²) in [5.74, 6) is 0. The molecule has 3 nitrogen and oxygen atoms in total. The molecule has 3 heteroatoms. The van der Waals surface area contributed by atoms with Crippen LogP contribution in [-0.4, -0.2) is 25.0 Å². The molecule has 0 fully saturated rings. The minimum atomic E-state index is 0.852. The van der Waals surface area contributed by atoms with E-state index in [1.807, 2.05) is 26.2 Å². The highest BCUT2D eigenvalue weighted by Gasteiger charge is 1.94. The van der Waals surface area contributed by atoms with E-state index in [1.54, 1.807) is 0 Å². The van der Waals surface area contributed by atoms with E-state index in [4.69, 9.17) is 5.73 Å². The van der Waals surface area contributed by atoms with Gasteiger partial charge in [-0.2, -0.15) is 0 Å². The SMILES string of the molecule is C/C(N)=C/N(C)CCCNCc1ccccc1. The second kappa shape index (κ2) is 7.74. The topological polar surface area (TPSA) is 41.3 Å². The summed E-state index contributed by atoms with van der Waals surface area (Å²) in [6.45, 7) is 4.90. The molecule has 0 atom stereocenters. The molecule has 0 aromatic heterocycles. The number of benzene rings is 1. The monoisotopic (exact) mass is 233 g/mol. The van der Waals surface area contributed by atoms with Crippen LogP contribution in [0.1, 0.15) is 18.9 Å². The maximum atomic E-state index is 5.60. The van der Waals surface area contributed by atoms with Gasteiger partial charge in [0.15, 0.2) is 0 Å². The van der Waals surface area contributed by atoms with E-state index in [0.29, 0.717) is 0 Å². The van der Waals surface area contributed by atoms with Gasteiger partial charge >= 0.3 is 0 Å². The summed E-state index contributed by atoms with van der Waals surface area (Å²) in [4.78, 5) is 2.12. The molecule has 0 aliphatic heterocycles. The number of nitrogens with two attached hydrogens (primary N) is 1. The first kappa shape index (κ1) is 13.6. The smallest absolute Gasteiger partial charge is 0.0210 e. The van der Waals surface area contributed by atoms with Crippen molar-refractivity contribution in [3.8, 4) is 0 Å². The highest BCUT2D eigenvalue weighted by Crippen LogP contribution is 1.97. The minimum absolute atomic E-state index is 0.852. The molecule has 0 saturated carbocycles. The molecule has 0 spiro atoms. The van der Waals surface area contributed by atoms with Gasteiger partial charge in [0.05, 0.1) is 0 Å². The molecular formula is C14H23N3. The zero-order valence-corrected chi connectivity index (χ0v) is 10.8. The van der Waals surface area contributed by atoms with Crippen LogP contribution in [0.25, 0.3) is 0 Å². The Hall–Kier alpha value is -1.48. The van der Waals surface area contributed by atoms with Gasteiger partial charge in [0.2, 0.25) is 0 Å². The van der Waals surface area contributed by atoms with Crippen LogP contribution in [0.5, 0.6) is 0 Å². The van der Waals surface area contributed by atoms with E-state index in [0.717, 1.165) is 31.8 Å². The Morgan fingerprint density at radius 1 is 1.35 bits per heavy atom. The van der Waals surface area contributed by atoms with E-state index in [-0.39, 0.29) is 0 Å². The number of rotatable bonds is 7. The van der Waals surface area contributed by atoms with Crippen molar-refractivity contribution in [2.75, 3.05) is 20.1 Å². The molecule has 0 saturated heterocycles. The lowest BCUT2D eigenvalue weighted by Gasteiger charge is -2.14. The van der Waals surface area contributed by atoms with Crippen molar-refractivity contribution in [3.05, 3.63) is 47.8 Å². The van der Waals surface area contributed by atoms with Gasteiger partial charge in [-0.05, 0) is 25.5 Å². The van der Waals surface area contributed by atoms with Crippen molar-refractivity contribution in [2.45, 2.75) is 19.9 Å². The number of hydrogen-bond acceptors (Lipinski definition) is 3. The van der Waals surface area contributed by atoms with E-state index in [2.05, 4.69) is 34.5 Å². The third kappa shape index (κ3) is 6.64. The lowest BCUT2D eigenvalue weighted by atomic mass is 10.2.